The van der Waals surface area contributed by atoms with Crippen molar-refractivity contribution in [3.05, 3.63) is 0 Å². The molecular formula is C22H46O. The molecular weight excluding hydrogens is 280 g/mol. The first-order chi connectivity index (χ1) is 11.2. The molecule has 1 N–H and O–H groups in total. The third-order valence-corrected chi connectivity index (χ3v) is 5.74. The van der Waals surface area contributed by atoms with Crippen LogP contribution in [0, 0.1) is 5.41 Å². The van der Waals surface area contributed by atoms with Gasteiger partial charge in [0, 0.05) is 6.61 Å². The molecule has 0 aliphatic carbocycles. The van der Waals surface area contributed by atoms with Gasteiger partial charge in [0.15, 0.2) is 0 Å². The number of hydrogen-bond acceptors (Lipinski definition) is 1. The van der Waals surface area contributed by atoms with Crippen LogP contribution in [0.2, 0.25) is 0 Å². The molecule has 0 saturated heterocycles. The monoisotopic (exact) mass is 326 g/mol. The molecule has 0 unspecified atom stereocenters. The standard InChI is InChI=1S/C22H46O/c1-4-7-9-11-13-15-18-22(6-3,20-17-21-23)19-16-14-12-10-8-5-2/h23H,4-21H2,1-3H3. The van der Waals surface area contributed by atoms with Gasteiger partial charge in [0.2, 0.25) is 0 Å². The van der Waals surface area contributed by atoms with E-state index >= 15 is 0 Å². The van der Waals surface area contributed by atoms with Crippen LogP contribution in [0.5, 0.6) is 0 Å². The van der Waals surface area contributed by atoms with Gasteiger partial charge >= 0.3 is 0 Å². The van der Waals surface area contributed by atoms with Gasteiger partial charge < -0.3 is 5.11 Å². The van der Waals surface area contributed by atoms with E-state index in [0.29, 0.717) is 12.0 Å². The summed E-state index contributed by atoms with van der Waals surface area (Å²) >= 11 is 0. The summed E-state index contributed by atoms with van der Waals surface area (Å²) in [5.74, 6) is 0. The topological polar surface area (TPSA) is 20.2 Å². The fourth-order valence-corrected chi connectivity index (χ4v) is 3.92. The van der Waals surface area contributed by atoms with Gasteiger partial charge in [0.25, 0.3) is 0 Å². The highest BCUT2D eigenvalue weighted by molar-refractivity contribution is 4.78. The van der Waals surface area contributed by atoms with Crippen molar-refractivity contribution in [3.63, 3.8) is 0 Å². The Labute approximate surface area is 147 Å². The van der Waals surface area contributed by atoms with Crippen molar-refractivity contribution in [2.75, 3.05) is 6.61 Å². The van der Waals surface area contributed by atoms with Crippen LogP contribution in [0.25, 0.3) is 0 Å². The van der Waals surface area contributed by atoms with E-state index in [9.17, 15) is 5.11 Å². The van der Waals surface area contributed by atoms with E-state index in [1.165, 1.54) is 103 Å². The van der Waals surface area contributed by atoms with E-state index < -0.39 is 0 Å². The molecule has 0 atom stereocenters. The summed E-state index contributed by atoms with van der Waals surface area (Å²) in [6.07, 6.45) is 23.1. The highest BCUT2D eigenvalue weighted by atomic mass is 16.2. The summed E-state index contributed by atoms with van der Waals surface area (Å²) in [6.45, 7) is 7.33. The Balaban J connectivity index is 4.06. The first-order valence-electron chi connectivity index (χ1n) is 10.9. The van der Waals surface area contributed by atoms with E-state index in [2.05, 4.69) is 20.8 Å². The quantitative estimate of drug-likeness (QED) is 0.256. The number of hydrogen-bond donors (Lipinski definition) is 1. The molecule has 0 aliphatic rings. The van der Waals surface area contributed by atoms with Gasteiger partial charge in [-0.25, -0.2) is 0 Å². The van der Waals surface area contributed by atoms with E-state index in [0.717, 1.165) is 6.42 Å². The number of aliphatic hydroxyl groups excluding tert-OH is 1. The Bertz CT molecular complexity index is 208. The largest absolute Gasteiger partial charge is 0.396 e. The van der Waals surface area contributed by atoms with Crippen LogP contribution in [0.15, 0.2) is 0 Å². The fourth-order valence-electron chi connectivity index (χ4n) is 3.92. The van der Waals surface area contributed by atoms with Crippen LogP contribution in [0.3, 0.4) is 0 Å². The molecule has 0 saturated carbocycles. The second kappa shape index (κ2) is 16.8. The van der Waals surface area contributed by atoms with Gasteiger partial charge in [0.05, 0.1) is 0 Å². The summed E-state index contributed by atoms with van der Waals surface area (Å²) in [7, 11) is 0. The van der Waals surface area contributed by atoms with Crippen molar-refractivity contribution < 1.29 is 5.11 Å². The molecule has 0 heterocycles. The second-order valence-electron chi connectivity index (χ2n) is 7.72. The lowest BCUT2D eigenvalue weighted by atomic mass is 9.72. The highest BCUT2D eigenvalue weighted by Crippen LogP contribution is 2.39. The summed E-state index contributed by atoms with van der Waals surface area (Å²) in [4.78, 5) is 0. The minimum atomic E-state index is 0.370. The van der Waals surface area contributed by atoms with Crippen LogP contribution >= 0.6 is 0 Å². The molecule has 0 aliphatic heterocycles. The molecule has 0 radical (unpaired) electrons. The molecule has 0 rings (SSSR count). The first-order valence-corrected chi connectivity index (χ1v) is 10.9. The molecule has 140 valence electrons. The molecule has 0 aromatic heterocycles. The van der Waals surface area contributed by atoms with Crippen LogP contribution in [-0.4, -0.2) is 11.7 Å². The third kappa shape index (κ3) is 13.0. The molecule has 23 heavy (non-hydrogen) atoms. The Kier molecular flexibility index (Phi) is 16.8. The van der Waals surface area contributed by atoms with Crippen molar-refractivity contribution in [1.82, 2.24) is 0 Å². The Morgan fingerprint density at radius 1 is 0.522 bits per heavy atom. The van der Waals surface area contributed by atoms with Gasteiger partial charge in [-0.15, -0.1) is 0 Å². The number of unbranched alkanes of at least 4 members (excludes halogenated alkanes) is 10. The lowest BCUT2D eigenvalue weighted by Crippen LogP contribution is -2.20. The maximum atomic E-state index is 9.26. The van der Waals surface area contributed by atoms with Gasteiger partial charge in [0.1, 0.15) is 0 Å². The molecule has 0 fully saturated rings. The average Bonchev–Trinajstić information content (AvgIpc) is 2.58. The van der Waals surface area contributed by atoms with Crippen LogP contribution in [0.1, 0.15) is 130 Å². The second-order valence-corrected chi connectivity index (χ2v) is 7.72. The van der Waals surface area contributed by atoms with Crippen LogP contribution in [0.4, 0.5) is 0 Å². The average molecular weight is 327 g/mol. The zero-order chi connectivity index (χ0) is 17.2. The lowest BCUT2D eigenvalue weighted by Gasteiger charge is -2.33. The third-order valence-electron chi connectivity index (χ3n) is 5.74. The van der Waals surface area contributed by atoms with Gasteiger partial charge in [-0.2, -0.15) is 0 Å². The number of rotatable bonds is 18. The normalized spacial score (nSPS) is 12.0. The molecule has 0 bridgehead atoms. The Hall–Kier alpha value is -0.0400. The maximum absolute atomic E-state index is 9.26. The van der Waals surface area contributed by atoms with Gasteiger partial charge in [-0.1, -0.05) is 104 Å². The molecule has 0 spiro atoms. The van der Waals surface area contributed by atoms with E-state index in [4.69, 9.17) is 0 Å². The van der Waals surface area contributed by atoms with Crippen LogP contribution < -0.4 is 0 Å². The van der Waals surface area contributed by atoms with Crippen LogP contribution in [-0.2, 0) is 0 Å². The molecule has 0 aromatic rings. The summed E-state index contributed by atoms with van der Waals surface area (Å²) < 4.78 is 0. The van der Waals surface area contributed by atoms with Crippen molar-refractivity contribution in [2.24, 2.45) is 5.41 Å². The SMILES string of the molecule is CCCCCCCCC(CC)(CCCO)CCCCCCCC. The predicted molar refractivity (Wildman–Crippen MR) is 105 cm³/mol. The van der Waals surface area contributed by atoms with Crippen molar-refractivity contribution in [3.8, 4) is 0 Å². The maximum Gasteiger partial charge on any atom is 0.0431 e. The summed E-state index contributed by atoms with van der Waals surface area (Å²) in [6, 6.07) is 0. The number of aliphatic hydroxyl groups is 1. The minimum absolute atomic E-state index is 0.370. The Morgan fingerprint density at radius 3 is 1.30 bits per heavy atom. The smallest absolute Gasteiger partial charge is 0.0431 e. The molecule has 0 amide bonds. The van der Waals surface area contributed by atoms with Crippen molar-refractivity contribution >= 4 is 0 Å². The Morgan fingerprint density at radius 2 is 0.913 bits per heavy atom. The minimum Gasteiger partial charge on any atom is -0.396 e. The van der Waals surface area contributed by atoms with E-state index in [1.807, 2.05) is 0 Å². The first kappa shape index (κ1) is 23.0. The van der Waals surface area contributed by atoms with Crippen molar-refractivity contribution in [1.29, 1.82) is 0 Å². The summed E-state index contributed by atoms with van der Waals surface area (Å²) in [5.41, 5.74) is 0.526. The molecule has 0 aromatic carbocycles. The van der Waals surface area contributed by atoms with Crippen molar-refractivity contribution in [2.45, 2.75) is 130 Å². The van der Waals surface area contributed by atoms with E-state index in [-0.39, 0.29) is 0 Å². The summed E-state index contributed by atoms with van der Waals surface area (Å²) in [5, 5.41) is 9.26. The highest BCUT2D eigenvalue weighted by Gasteiger charge is 2.26. The predicted octanol–water partition coefficient (Wildman–Crippen LogP) is 7.66. The zero-order valence-corrected chi connectivity index (χ0v) is 16.7. The lowest BCUT2D eigenvalue weighted by molar-refractivity contribution is 0.167. The zero-order valence-electron chi connectivity index (χ0n) is 16.7. The molecule has 1 nitrogen and oxygen atoms in total. The van der Waals surface area contributed by atoms with Gasteiger partial charge in [-0.05, 0) is 31.1 Å². The van der Waals surface area contributed by atoms with E-state index in [1.54, 1.807) is 0 Å². The molecule has 1 heteroatoms. The fraction of sp³-hybridized carbons (Fsp3) is 1.00. The van der Waals surface area contributed by atoms with Gasteiger partial charge in [-0.3, -0.25) is 0 Å².